The normalized spacial score (nSPS) is 11.4. The van der Waals surface area contributed by atoms with Gasteiger partial charge in [0.25, 0.3) is 5.91 Å². The van der Waals surface area contributed by atoms with Crippen molar-refractivity contribution in [2.45, 2.75) is 11.2 Å². The lowest BCUT2D eigenvalue weighted by Crippen LogP contribution is -2.27. The molecule has 0 aliphatic carbocycles. The average molecular weight is 540 g/mol. The fourth-order valence-electron chi connectivity index (χ4n) is 5.18. The third kappa shape index (κ3) is 5.16. The van der Waals surface area contributed by atoms with Gasteiger partial charge in [-0.1, -0.05) is 127 Å². The SMILES string of the molecule is O=C(NCCc1cn(SC(c2ccccc2)(c2ccccc2)c2ccccc2)cn1)c1cccc2ccccc12. The minimum atomic E-state index is -0.482. The Bertz CT molecular complexity index is 1610. The van der Waals surface area contributed by atoms with E-state index in [1.807, 2.05) is 48.8 Å². The van der Waals surface area contributed by atoms with Crippen LogP contribution in [0.15, 0.2) is 146 Å². The van der Waals surface area contributed by atoms with E-state index in [0.717, 1.165) is 16.5 Å². The fraction of sp³-hybridized carbons (Fsp3) is 0.0857. The number of benzene rings is 5. The van der Waals surface area contributed by atoms with Gasteiger partial charge in [0.2, 0.25) is 0 Å². The Hall–Kier alpha value is -4.61. The summed E-state index contributed by atoms with van der Waals surface area (Å²) >= 11 is 1.72. The quantitative estimate of drug-likeness (QED) is 0.194. The molecule has 6 aromatic rings. The van der Waals surface area contributed by atoms with E-state index >= 15 is 0 Å². The number of carbonyl (C=O) groups is 1. The van der Waals surface area contributed by atoms with E-state index in [0.29, 0.717) is 18.5 Å². The van der Waals surface area contributed by atoms with Gasteiger partial charge in [0, 0.05) is 24.7 Å². The standard InChI is InChI=1S/C35H29N3OS/c39-34(33-22-12-14-27-13-10-11-21-32(27)33)36-24-23-31-25-38(26-37-31)40-35(28-15-4-1-5-16-28,29-17-6-2-7-18-29)30-19-8-3-9-20-30/h1-22,25-26H,23-24H2,(H,36,39). The molecule has 0 fully saturated rings. The summed E-state index contributed by atoms with van der Waals surface area (Å²) in [5.74, 6) is -0.0677. The lowest BCUT2D eigenvalue weighted by Gasteiger charge is -2.35. The number of rotatable bonds is 9. The second-order valence-corrected chi connectivity index (χ2v) is 10.8. The number of hydrogen-bond donors (Lipinski definition) is 1. The average Bonchev–Trinajstić information content (AvgIpc) is 3.47. The molecular weight excluding hydrogens is 510 g/mol. The summed E-state index contributed by atoms with van der Waals surface area (Å²) in [6, 6.07) is 45.6. The molecule has 0 aliphatic heterocycles. The maximum Gasteiger partial charge on any atom is 0.251 e. The molecule has 0 saturated carbocycles. The van der Waals surface area contributed by atoms with E-state index < -0.39 is 4.75 Å². The van der Waals surface area contributed by atoms with Crippen LogP contribution in [0.3, 0.4) is 0 Å². The fourth-order valence-corrected chi connectivity index (χ4v) is 6.49. The van der Waals surface area contributed by atoms with Gasteiger partial charge in [0.15, 0.2) is 0 Å². The largest absolute Gasteiger partial charge is 0.352 e. The van der Waals surface area contributed by atoms with Crippen LogP contribution < -0.4 is 5.32 Å². The summed E-state index contributed by atoms with van der Waals surface area (Å²) in [5, 5.41) is 5.10. The molecule has 0 spiro atoms. The molecule has 4 nitrogen and oxygen atoms in total. The number of carbonyl (C=O) groups excluding carboxylic acids is 1. The number of aromatic nitrogens is 2. The molecule has 1 amide bonds. The van der Waals surface area contributed by atoms with Crippen molar-refractivity contribution in [3.05, 3.63) is 174 Å². The molecule has 1 N–H and O–H groups in total. The first-order valence-electron chi connectivity index (χ1n) is 13.4. The van der Waals surface area contributed by atoms with Gasteiger partial charge in [0.1, 0.15) is 11.1 Å². The van der Waals surface area contributed by atoms with Crippen molar-refractivity contribution in [3.63, 3.8) is 0 Å². The summed E-state index contributed by atoms with van der Waals surface area (Å²) in [7, 11) is 0. The maximum absolute atomic E-state index is 13.0. The molecular formula is C35H29N3OS. The lowest BCUT2D eigenvalue weighted by molar-refractivity contribution is 0.0955. The summed E-state index contributed by atoms with van der Waals surface area (Å²) < 4.78 is 1.61. The number of amides is 1. The smallest absolute Gasteiger partial charge is 0.251 e. The topological polar surface area (TPSA) is 46.9 Å². The van der Waals surface area contributed by atoms with Crippen LogP contribution in [0.2, 0.25) is 0 Å². The van der Waals surface area contributed by atoms with E-state index in [2.05, 4.69) is 106 Å². The third-order valence-electron chi connectivity index (χ3n) is 7.10. The highest BCUT2D eigenvalue weighted by Gasteiger charge is 2.38. The predicted molar refractivity (Wildman–Crippen MR) is 164 cm³/mol. The molecule has 1 heterocycles. The third-order valence-corrected chi connectivity index (χ3v) is 8.49. The molecule has 40 heavy (non-hydrogen) atoms. The van der Waals surface area contributed by atoms with Crippen LogP contribution in [0.5, 0.6) is 0 Å². The highest BCUT2D eigenvalue weighted by Crippen LogP contribution is 2.48. The first-order valence-corrected chi connectivity index (χ1v) is 14.2. The highest BCUT2D eigenvalue weighted by molar-refractivity contribution is 7.99. The van der Waals surface area contributed by atoms with Crippen molar-refractivity contribution in [1.29, 1.82) is 0 Å². The van der Waals surface area contributed by atoms with Crippen LogP contribution in [-0.4, -0.2) is 21.4 Å². The molecule has 5 aromatic carbocycles. The van der Waals surface area contributed by atoms with Crippen LogP contribution in [-0.2, 0) is 11.2 Å². The Morgan fingerprint density at radius 2 is 1.25 bits per heavy atom. The van der Waals surface area contributed by atoms with Crippen LogP contribution in [0.1, 0.15) is 32.7 Å². The second-order valence-electron chi connectivity index (χ2n) is 9.63. The number of hydrogen-bond acceptors (Lipinski definition) is 3. The van der Waals surface area contributed by atoms with Gasteiger partial charge in [-0.15, -0.1) is 0 Å². The van der Waals surface area contributed by atoms with E-state index in [9.17, 15) is 4.79 Å². The Morgan fingerprint density at radius 3 is 1.88 bits per heavy atom. The van der Waals surface area contributed by atoms with E-state index in [1.54, 1.807) is 11.9 Å². The highest BCUT2D eigenvalue weighted by atomic mass is 32.2. The van der Waals surface area contributed by atoms with Crippen LogP contribution >= 0.6 is 11.9 Å². The van der Waals surface area contributed by atoms with Crippen molar-refractivity contribution in [2.75, 3.05) is 6.54 Å². The summed E-state index contributed by atoms with van der Waals surface area (Å²) in [4.78, 5) is 17.7. The number of nitrogens with zero attached hydrogens (tertiary/aromatic N) is 2. The van der Waals surface area contributed by atoms with Crippen molar-refractivity contribution < 1.29 is 4.79 Å². The summed E-state index contributed by atoms with van der Waals surface area (Å²) in [6.45, 7) is 0.505. The zero-order valence-corrected chi connectivity index (χ0v) is 22.8. The van der Waals surface area contributed by atoms with Crippen LogP contribution in [0.4, 0.5) is 0 Å². The van der Waals surface area contributed by atoms with E-state index in [-0.39, 0.29) is 5.91 Å². The van der Waals surface area contributed by atoms with Gasteiger partial charge in [-0.05, 0) is 45.5 Å². The molecule has 6 rings (SSSR count). The Morgan fingerprint density at radius 1 is 0.700 bits per heavy atom. The Kier molecular flexibility index (Phi) is 7.47. The second kappa shape index (κ2) is 11.6. The van der Waals surface area contributed by atoms with Crippen LogP contribution in [0, 0.1) is 0 Å². The summed E-state index contributed by atoms with van der Waals surface area (Å²) in [5.41, 5.74) is 5.19. The molecule has 0 bridgehead atoms. The molecule has 196 valence electrons. The first kappa shape index (κ1) is 25.7. The molecule has 0 unspecified atom stereocenters. The molecule has 5 heteroatoms. The van der Waals surface area contributed by atoms with E-state index in [1.165, 1.54) is 16.7 Å². The molecule has 0 saturated heterocycles. The van der Waals surface area contributed by atoms with Gasteiger partial charge < -0.3 is 5.32 Å². The molecule has 0 aliphatic rings. The van der Waals surface area contributed by atoms with Gasteiger partial charge in [-0.3, -0.25) is 8.77 Å². The van der Waals surface area contributed by atoms with Crippen molar-refractivity contribution >= 4 is 28.6 Å². The molecule has 1 aromatic heterocycles. The van der Waals surface area contributed by atoms with Gasteiger partial charge in [0.05, 0.1) is 5.69 Å². The lowest BCUT2D eigenvalue weighted by atomic mass is 9.84. The van der Waals surface area contributed by atoms with Crippen molar-refractivity contribution in [2.24, 2.45) is 0 Å². The first-order chi connectivity index (χ1) is 19.7. The van der Waals surface area contributed by atoms with Crippen molar-refractivity contribution in [3.8, 4) is 0 Å². The van der Waals surface area contributed by atoms with Gasteiger partial charge in [-0.25, -0.2) is 4.98 Å². The summed E-state index contributed by atoms with van der Waals surface area (Å²) in [6.07, 6.45) is 4.58. The minimum Gasteiger partial charge on any atom is -0.352 e. The van der Waals surface area contributed by atoms with Gasteiger partial charge in [-0.2, -0.15) is 0 Å². The zero-order chi connectivity index (χ0) is 27.2. The molecule has 0 atom stereocenters. The minimum absolute atomic E-state index is 0.0677. The van der Waals surface area contributed by atoms with Gasteiger partial charge >= 0.3 is 0 Å². The van der Waals surface area contributed by atoms with Crippen molar-refractivity contribution in [1.82, 2.24) is 14.3 Å². The maximum atomic E-state index is 13.0. The number of imidazole rings is 1. The van der Waals surface area contributed by atoms with E-state index in [4.69, 9.17) is 4.98 Å². The number of nitrogens with one attached hydrogen (secondary N) is 1. The zero-order valence-electron chi connectivity index (χ0n) is 22.0. The number of fused-ring (bicyclic) bond motifs is 1. The van der Waals surface area contributed by atoms with Crippen LogP contribution in [0.25, 0.3) is 10.8 Å². The Labute approximate surface area is 238 Å². The molecule has 0 radical (unpaired) electrons. The predicted octanol–water partition coefficient (Wildman–Crippen LogP) is 7.50. The Balaban J connectivity index is 1.24. The monoisotopic (exact) mass is 539 g/mol.